The first kappa shape index (κ1) is 13.2. The van der Waals surface area contributed by atoms with Crippen molar-refractivity contribution in [1.82, 2.24) is 5.32 Å². The number of carboxylic acid groups (broad SMARTS) is 1. The highest BCUT2D eigenvalue weighted by Gasteiger charge is 2.20. The van der Waals surface area contributed by atoms with E-state index in [0.717, 1.165) is 12.3 Å². The first-order chi connectivity index (χ1) is 7.71. The van der Waals surface area contributed by atoms with E-state index in [1.165, 1.54) is 13.0 Å². The van der Waals surface area contributed by atoms with Crippen LogP contribution in [0.4, 0.5) is 0 Å². The van der Waals surface area contributed by atoms with Gasteiger partial charge in [0.1, 0.15) is 6.04 Å². The second-order valence-electron chi connectivity index (χ2n) is 3.42. The number of hydrogen-bond acceptors (Lipinski definition) is 5. The summed E-state index contributed by atoms with van der Waals surface area (Å²) in [5.74, 6) is -2.23. The number of aliphatic carboxylic acids is 1. The smallest absolute Gasteiger partial charge is 0.325 e. The van der Waals surface area contributed by atoms with Crippen molar-refractivity contribution in [3.8, 4) is 0 Å². The molecule has 0 aliphatic heterocycles. The van der Waals surface area contributed by atoms with Crippen LogP contribution in [0.25, 0.3) is 0 Å². The Morgan fingerprint density at radius 1 is 1.41 bits per heavy atom. The van der Waals surface area contributed by atoms with Crippen molar-refractivity contribution in [1.29, 1.82) is 0 Å². The van der Waals surface area contributed by atoms with Gasteiger partial charge < -0.3 is 14.8 Å². The van der Waals surface area contributed by atoms with Gasteiger partial charge in [0.05, 0.1) is 0 Å². The summed E-state index contributed by atoms with van der Waals surface area (Å²) in [6.07, 6.45) is 0.938. The summed E-state index contributed by atoms with van der Waals surface area (Å²) in [4.78, 5) is 21.9. The average molecular weight is 261 g/mol. The standard InChI is InChI=1S/C9H11NO6S/c1-5(9(12)13)10-8(11)6-3-4-7(16-6)17(2,14)15/h3-5H,1-2H3,(H,10,11)(H,12,13)/t5-/m0/s1. The van der Waals surface area contributed by atoms with Crippen LogP contribution in [0.2, 0.25) is 0 Å². The van der Waals surface area contributed by atoms with Gasteiger partial charge in [-0.15, -0.1) is 0 Å². The lowest BCUT2D eigenvalue weighted by Crippen LogP contribution is -2.38. The van der Waals surface area contributed by atoms with Gasteiger partial charge in [-0.25, -0.2) is 8.42 Å². The van der Waals surface area contributed by atoms with Crippen LogP contribution in [0.5, 0.6) is 0 Å². The van der Waals surface area contributed by atoms with Crippen LogP contribution >= 0.6 is 0 Å². The predicted octanol–water partition coefficient (Wildman–Crippen LogP) is -0.114. The number of hydrogen-bond donors (Lipinski definition) is 2. The molecular weight excluding hydrogens is 250 g/mol. The van der Waals surface area contributed by atoms with E-state index in [0.29, 0.717) is 0 Å². The molecule has 0 saturated heterocycles. The van der Waals surface area contributed by atoms with Gasteiger partial charge in [0.15, 0.2) is 5.76 Å². The molecule has 0 aromatic carbocycles. The molecule has 0 bridgehead atoms. The summed E-state index contributed by atoms with van der Waals surface area (Å²) in [6, 6.07) is 1.21. The first-order valence-corrected chi connectivity index (χ1v) is 6.44. The third kappa shape index (κ3) is 3.31. The predicted molar refractivity (Wildman–Crippen MR) is 56.4 cm³/mol. The minimum atomic E-state index is -3.52. The second kappa shape index (κ2) is 4.58. The van der Waals surface area contributed by atoms with Crippen molar-refractivity contribution in [3.63, 3.8) is 0 Å². The van der Waals surface area contributed by atoms with Gasteiger partial charge in [-0.2, -0.15) is 0 Å². The van der Waals surface area contributed by atoms with Gasteiger partial charge in [0.25, 0.3) is 5.91 Å². The Balaban J connectivity index is 2.85. The number of rotatable bonds is 4. The number of furan rings is 1. The highest BCUT2D eigenvalue weighted by atomic mass is 32.2. The maximum atomic E-state index is 11.4. The van der Waals surface area contributed by atoms with Crippen LogP contribution in [0.15, 0.2) is 21.6 Å². The van der Waals surface area contributed by atoms with Gasteiger partial charge in [0, 0.05) is 6.26 Å². The number of nitrogens with one attached hydrogen (secondary N) is 1. The molecule has 1 heterocycles. The van der Waals surface area contributed by atoms with E-state index in [1.54, 1.807) is 0 Å². The number of sulfone groups is 1. The van der Waals surface area contributed by atoms with Crippen LogP contribution in [0.3, 0.4) is 0 Å². The first-order valence-electron chi connectivity index (χ1n) is 4.55. The van der Waals surface area contributed by atoms with Crippen molar-refractivity contribution in [2.45, 2.75) is 18.1 Å². The molecular formula is C9H11NO6S. The largest absolute Gasteiger partial charge is 0.480 e. The highest BCUT2D eigenvalue weighted by molar-refractivity contribution is 7.90. The Kier molecular flexibility index (Phi) is 3.56. The molecule has 1 atom stereocenters. The Morgan fingerprint density at radius 3 is 2.41 bits per heavy atom. The van der Waals surface area contributed by atoms with Crippen LogP contribution in [0.1, 0.15) is 17.5 Å². The van der Waals surface area contributed by atoms with Crippen molar-refractivity contribution in [3.05, 3.63) is 17.9 Å². The molecule has 0 spiro atoms. The van der Waals surface area contributed by atoms with E-state index in [2.05, 4.69) is 5.32 Å². The van der Waals surface area contributed by atoms with E-state index in [9.17, 15) is 18.0 Å². The summed E-state index contributed by atoms with van der Waals surface area (Å²) in [7, 11) is -3.52. The number of amides is 1. The Hall–Kier alpha value is -1.83. The molecule has 0 aliphatic carbocycles. The minimum Gasteiger partial charge on any atom is -0.480 e. The van der Waals surface area contributed by atoms with Crippen LogP contribution in [-0.2, 0) is 14.6 Å². The summed E-state index contributed by atoms with van der Waals surface area (Å²) < 4.78 is 27.0. The normalized spacial score (nSPS) is 13.1. The zero-order valence-electron chi connectivity index (χ0n) is 9.13. The van der Waals surface area contributed by atoms with Crippen LogP contribution in [-0.4, -0.2) is 37.7 Å². The van der Waals surface area contributed by atoms with Gasteiger partial charge in [-0.3, -0.25) is 9.59 Å². The van der Waals surface area contributed by atoms with E-state index >= 15 is 0 Å². The van der Waals surface area contributed by atoms with E-state index in [1.807, 2.05) is 0 Å². The quantitative estimate of drug-likeness (QED) is 0.781. The third-order valence-corrected chi connectivity index (χ3v) is 2.84. The number of carbonyl (C=O) groups excluding carboxylic acids is 1. The maximum absolute atomic E-state index is 11.4. The molecule has 94 valence electrons. The summed E-state index contributed by atoms with van der Waals surface area (Å²) in [6.45, 7) is 1.28. The molecule has 8 heteroatoms. The molecule has 0 aliphatic rings. The molecule has 2 N–H and O–H groups in total. The lowest BCUT2D eigenvalue weighted by molar-refractivity contribution is -0.138. The molecule has 1 aromatic rings. The average Bonchev–Trinajstić information content (AvgIpc) is 2.65. The van der Waals surface area contributed by atoms with Crippen LogP contribution < -0.4 is 5.32 Å². The zero-order valence-corrected chi connectivity index (χ0v) is 9.95. The Morgan fingerprint density at radius 2 is 2.00 bits per heavy atom. The summed E-state index contributed by atoms with van der Waals surface area (Å²) in [5.41, 5.74) is 0. The molecule has 1 amide bonds. The lowest BCUT2D eigenvalue weighted by Gasteiger charge is -2.06. The maximum Gasteiger partial charge on any atom is 0.325 e. The van der Waals surface area contributed by atoms with Crippen LogP contribution in [0, 0.1) is 0 Å². The molecule has 1 aromatic heterocycles. The number of carbonyl (C=O) groups is 2. The third-order valence-electron chi connectivity index (χ3n) is 1.89. The van der Waals surface area contributed by atoms with Crippen molar-refractivity contribution >= 4 is 21.7 Å². The number of carboxylic acids is 1. The minimum absolute atomic E-state index is 0.251. The monoisotopic (exact) mass is 261 g/mol. The molecule has 0 unspecified atom stereocenters. The SMILES string of the molecule is C[C@H](NC(=O)c1ccc(S(C)(=O)=O)o1)C(=O)O. The Bertz CT molecular complexity index is 544. The molecule has 0 saturated carbocycles. The van der Waals surface area contributed by atoms with E-state index in [4.69, 9.17) is 9.52 Å². The molecule has 17 heavy (non-hydrogen) atoms. The molecule has 0 fully saturated rings. The highest BCUT2D eigenvalue weighted by Crippen LogP contribution is 2.13. The zero-order chi connectivity index (χ0) is 13.2. The second-order valence-corrected chi connectivity index (χ2v) is 5.37. The van der Waals surface area contributed by atoms with Crippen molar-refractivity contribution in [2.24, 2.45) is 0 Å². The van der Waals surface area contributed by atoms with E-state index < -0.39 is 27.8 Å². The van der Waals surface area contributed by atoms with Gasteiger partial charge in [-0.05, 0) is 19.1 Å². The molecule has 1 rings (SSSR count). The fourth-order valence-electron chi connectivity index (χ4n) is 0.971. The fourth-order valence-corrected chi connectivity index (χ4v) is 1.53. The summed E-state index contributed by atoms with van der Waals surface area (Å²) in [5, 5.41) is 10.4. The van der Waals surface area contributed by atoms with Gasteiger partial charge >= 0.3 is 5.97 Å². The molecule has 0 radical (unpaired) electrons. The Labute approximate surface area is 97.3 Å². The lowest BCUT2D eigenvalue weighted by atomic mass is 10.3. The van der Waals surface area contributed by atoms with Gasteiger partial charge in [-0.1, -0.05) is 0 Å². The van der Waals surface area contributed by atoms with E-state index in [-0.39, 0.29) is 10.9 Å². The fraction of sp³-hybridized carbons (Fsp3) is 0.333. The topological polar surface area (TPSA) is 114 Å². The van der Waals surface area contributed by atoms with Gasteiger partial charge in [0.2, 0.25) is 14.9 Å². The molecule has 7 nitrogen and oxygen atoms in total. The van der Waals surface area contributed by atoms with Crippen molar-refractivity contribution in [2.75, 3.05) is 6.26 Å². The van der Waals surface area contributed by atoms with Crippen molar-refractivity contribution < 1.29 is 27.5 Å². The summed E-state index contributed by atoms with van der Waals surface area (Å²) >= 11 is 0.